The molecule has 0 aliphatic heterocycles. The Morgan fingerprint density at radius 2 is 2.06 bits per heavy atom. The highest BCUT2D eigenvalue weighted by Crippen LogP contribution is 2.53. The molecule has 1 fully saturated rings. The predicted molar refractivity (Wildman–Crippen MR) is 67.9 cm³/mol. The van der Waals surface area contributed by atoms with Crippen molar-refractivity contribution in [3.8, 4) is 0 Å². The van der Waals surface area contributed by atoms with Crippen LogP contribution in [0.5, 0.6) is 0 Å². The maximum atomic E-state index is 3.34. The number of nitrogens with one attached hydrogen (secondary N) is 1. The average molecular weight is 215 g/mol. The van der Waals surface area contributed by atoms with E-state index in [1.54, 1.807) is 11.1 Å². The van der Waals surface area contributed by atoms with Crippen molar-refractivity contribution in [2.45, 2.75) is 43.4 Å². The van der Waals surface area contributed by atoms with E-state index in [0.717, 1.165) is 12.5 Å². The molecule has 2 aliphatic rings. The van der Waals surface area contributed by atoms with Crippen LogP contribution in [0.3, 0.4) is 0 Å². The molecule has 1 aromatic carbocycles. The van der Waals surface area contributed by atoms with E-state index < -0.39 is 0 Å². The van der Waals surface area contributed by atoms with Crippen molar-refractivity contribution in [1.82, 2.24) is 5.32 Å². The quantitative estimate of drug-likeness (QED) is 0.799. The molecule has 1 atom stereocenters. The molecule has 1 unspecified atom stereocenters. The molecule has 86 valence electrons. The summed E-state index contributed by atoms with van der Waals surface area (Å²) in [5.41, 5.74) is 3.89. The van der Waals surface area contributed by atoms with E-state index in [-0.39, 0.29) is 0 Å². The van der Waals surface area contributed by atoms with Gasteiger partial charge in [0.05, 0.1) is 0 Å². The first-order chi connectivity index (χ1) is 7.86. The molecule has 0 aromatic heterocycles. The van der Waals surface area contributed by atoms with Crippen LogP contribution in [-0.4, -0.2) is 13.6 Å². The summed E-state index contributed by atoms with van der Waals surface area (Å²) in [5.74, 6) is 0.743. The van der Waals surface area contributed by atoms with Gasteiger partial charge in [-0.25, -0.2) is 0 Å². The molecule has 1 aromatic rings. The highest BCUT2D eigenvalue weighted by molar-refractivity contribution is 5.41. The Hall–Kier alpha value is -0.820. The van der Waals surface area contributed by atoms with Crippen molar-refractivity contribution in [2.24, 2.45) is 0 Å². The zero-order chi connectivity index (χ0) is 11.0. The molecule has 0 saturated heterocycles. The van der Waals surface area contributed by atoms with Crippen LogP contribution in [-0.2, 0) is 5.41 Å². The summed E-state index contributed by atoms with van der Waals surface area (Å²) in [4.78, 5) is 0. The zero-order valence-corrected chi connectivity index (χ0v) is 10.1. The lowest BCUT2D eigenvalue weighted by molar-refractivity contribution is 0.198. The first-order valence-corrected chi connectivity index (χ1v) is 6.60. The zero-order valence-electron chi connectivity index (χ0n) is 10.1. The van der Waals surface area contributed by atoms with E-state index in [1.165, 1.54) is 32.1 Å². The lowest BCUT2D eigenvalue weighted by Crippen LogP contribution is -2.39. The Kier molecular flexibility index (Phi) is 2.51. The highest BCUT2D eigenvalue weighted by Gasteiger charge is 2.43. The van der Waals surface area contributed by atoms with E-state index in [2.05, 4.69) is 36.6 Å². The van der Waals surface area contributed by atoms with Gasteiger partial charge in [-0.15, -0.1) is 0 Å². The topological polar surface area (TPSA) is 12.0 Å². The number of benzene rings is 1. The van der Waals surface area contributed by atoms with Gasteiger partial charge in [0, 0.05) is 6.54 Å². The largest absolute Gasteiger partial charge is 0.319 e. The minimum absolute atomic E-state index is 0.584. The SMILES string of the molecule is CNCC1CCC2(CCC2)c2ccccc21. The summed E-state index contributed by atoms with van der Waals surface area (Å²) in [6, 6.07) is 9.17. The fourth-order valence-electron chi connectivity index (χ4n) is 3.66. The Balaban J connectivity index is 1.99. The van der Waals surface area contributed by atoms with E-state index in [0.29, 0.717) is 5.41 Å². The van der Waals surface area contributed by atoms with E-state index in [9.17, 15) is 0 Å². The monoisotopic (exact) mass is 215 g/mol. The third kappa shape index (κ3) is 1.41. The number of fused-ring (bicyclic) bond motifs is 2. The molecule has 2 aliphatic carbocycles. The summed E-state index contributed by atoms with van der Waals surface area (Å²) >= 11 is 0. The number of rotatable bonds is 2. The Labute approximate surface area is 98.3 Å². The Bertz CT molecular complexity index is 379. The predicted octanol–water partition coefficient (Wildman–Crippen LogP) is 3.21. The normalized spacial score (nSPS) is 26.2. The third-order valence-corrected chi connectivity index (χ3v) is 4.70. The first kappa shape index (κ1) is 10.3. The summed E-state index contributed by atoms with van der Waals surface area (Å²) in [6.45, 7) is 1.13. The summed E-state index contributed by atoms with van der Waals surface area (Å²) < 4.78 is 0. The van der Waals surface area contributed by atoms with Gasteiger partial charge < -0.3 is 5.32 Å². The fraction of sp³-hybridized carbons (Fsp3) is 0.600. The molecular formula is C15H21N. The van der Waals surface area contributed by atoms with Crippen molar-refractivity contribution < 1.29 is 0 Å². The maximum Gasteiger partial charge on any atom is 0.00172 e. The second-order valence-electron chi connectivity index (χ2n) is 5.51. The van der Waals surface area contributed by atoms with Gasteiger partial charge >= 0.3 is 0 Å². The van der Waals surface area contributed by atoms with Gasteiger partial charge in [0.2, 0.25) is 0 Å². The van der Waals surface area contributed by atoms with Crippen molar-refractivity contribution in [2.75, 3.05) is 13.6 Å². The molecule has 0 bridgehead atoms. The first-order valence-electron chi connectivity index (χ1n) is 6.60. The smallest absolute Gasteiger partial charge is 0.00172 e. The summed E-state index contributed by atoms with van der Waals surface area (Å²) in [5, 5.41) is 3.34. The van der Waals surface area contributed by atoms with Gasteiger partial charge in [0.15, 0.2) is 0 Å². The second-order valence-corrected chi connectivity index (χ2v) is 5.51. The lowest BCUT2D eigenvalue weighted by Gasteiger charge is -2.48. The maximum absolute atomic E-state index is 3.34. The Morgan fingerprint density at radius 3 is 2.75 bits per heavy atom. The molecule has 1 N–H and O–H groups in total. The molecule has 0 amide bonds. The number of hydrogen-bond donors (Lipinski definition) is 1. The van der Waals surface area contributed by atoms with Gasteiger partial charge in [0.25, 0.3) is 0 Å². The minimum atomic E-state index is 0.584. The van der Waals surface area contributed by atoms with Gasteiger partial charge in [-0.2, -0.15) is 0 Å². The lowest BCUT2D eigenvalue weighted by atomic mass is 9.56. The molecule has 1 saturated carbocycles. The fourth-order valence-corrected chi connectivity index (χ4v) is 3.66. The van der Waals surface area contributed by atoms with Crippen LogP contribution in [0.25, 0.3) is 0 Å². The molecule has 3 rings (SSSR count). The van der Waals surface area contributed by atoms with Crippen LogP contribution < -0.4 is 5.32 Å². The standard InChI is InChI=1S/C15H21N/c1-16-11-12-7-10-15(8-4-9-15)14-6-3-2-5-13(12)14/h2-3,5-6,12,16H,4,7-11H2,1H3. The third-order valence-electron chi connectivity index (χ3n) is 4.70. The highest BCUT2D eigenvalue weighted by atomic mass is 14.8. The van der Waals surface area contributed by atoms with Gasteiger partial charge in [0.1, 0.15) is 0 Å². The van der Waals surface area contributed by atoms with Crippen LogP contribution in [0.15, 0.2) is 24.3 Å². The van der Waals surface area contributed by atoms with Crippen LogP contribution in [0.2, 0.25) is 0 Å². The van der Waals surface area contributed by atoms with E-state index in [4.69, 9.17) is 0 Å². The molecular weight excluding hydrogens is 194 g/mol. The van der Waals surface area contributed by atoms with Gasteiger partial charge in [-0.05, 0) is 55.2 Å². The molecule has 1 nitrogen and oxygen atoms in total. The molecule has 1 spiro atoms. The summed E-state index contributed by atoms with van der Waals surface area (Å²) in [6.07, 6.45) is 7.08. The van der Waals surface area contributed by atoms with Gasteiger partial charge in [-0.3, -0.25) is 0 Å². The number of hydrogen-bond acceptors (Lipinski definition) is 1. The molecule has 0 heterocycles. The Morgan fingerprint density at radius 1 is 1.25 bits per heavy atom. The molecule has 16 heavy (non-hydrogen) atoms. The average Bonchev–Trinajstić information content (AvgIpc) is 2.28. The van der Waals surface area contributed by atoms with Crippen LogP contribution >= 0.6 is 0 Å². The molecule has 1 heteroatoms. The van der Waals surface area contributed by atoms with Crippen LogP contribution in [0, 0.1) is 0 Å². The van der Waals surface area contributed by atoms with Gasteiger partial charge in [-0.1, -0.05) is 30.7 Å². The van der Waals surface area contributed by atoms with E-state index >= 15 is 0 Å². The van der Waals surface area contributed by atoms with Crippen molar-refractivity contribution in [3.63, 3.8) is 0 Å². The van der Waals surface area contributed by atoms with Crippen molar-refractivity contribution >= 4 is 0 Å². The summed E-state index contributed by atoms with van der Waals surface area (Å²) in [7, 11) is 2.07. The van der Waals surface area contributed by atoms with Crippen molar-refractivity contribution in [1.29, 1.82) is 0 Å². The minimum Gasteiger partial charge on any atom is -0.319 e. The van der Waals surface area contributed by atoms with E-state index in [1.807, 2.05) is 0 Å². The van der Waals surface area contributed by atoms with Crippen molar-refractivity contribution in [3.05, 3.63) is 35.4 Å². The second kappa shape index (κ2) is 3.89. The number of likely N-dealkylation sites (N-methyl/N-ethyl adjacent to an activating group) is 1. The van der Waals surface area contributed by atoms with Crippen LogP contribution in [0.1, 0.15) is 49.1 Å². The van der Waals surface area contributed by atoms with Crippen LogP contribution in [0.4, 0.5) is 0 Å². The molecule has 0 radical (unpaired) electrons.